The van der Waals surface area contributed by atoms with Gasteiger partial charge in [0.2, 0.25) is 5.82 Å². The van der Waals surface area contributed by atoms with Crippen molar-refractivity contribution in [2.45, 2.75) is 19.9 Å². The largest absolute Gasteiger partial charge is 0.290 e. The highest BCUT2D eigenvalue weighted by Gasteiger charge is 2.35. The minimum Gasteiger partial charge on any atom is -0.290 e. The maximum Gasteiger partial charge on any atom is 0.266 e. The first-order valence-corrected chi connectivity index (χ1v) is 7.17. The number of rotatable bonds is 2. The van der Waals surface area contributed by atoms with Crippen LogP contribution in [0.4, 0.5) is 22.0 Å². The molecule has 1 fully saturated rings. The normalized spacial score (nSPS) is 17.3. The summed E-state index contributed by atoms with van der Waals surface area (Å²) in [5, 5.41) is 0. The van der Waals surface area contributed by atoms with E-state index in [2.05, 4.69) is 0 Å². The van der Waals surface area contributed by atoms with Crippen molar-refractivity contribution in [2.24, 2.45) is 0 Å². The molecular formula is C13H8F5NOS2. The van der Waals surface area contributed by atoms with Gasteiger partial charge in [-0.1, -0.05) is 24.0 Å². The van der Waals surface area contributed by atoms with E-state index in [4.69, 9.17) is 12.2 Å². The third-order valence-electron chi connectivity index (χ3n) is 2.86. The number of carbonyl (C=O) groups excluding carboxylic acids is 1. The van der Waals surface area contributed by atoms with Crippen LogP contribution in [0.15, 0.2) is 4.91 Å². The molecule has 0 saturated carbocycles. The number of carbonyl (C=O) groups is 1. The molecule has 0 spiro atoms. The Balaban J connectivity index is 2.56. The van der Waals surface area contributed by atoms with Crippen molar-refractivity contribution in [2.75, 3.05) is 0 Å². The number of hydrogen-bond acceptors (Lipinski definition) is 3. The predicted octanol–water partition coefficient (Wildman–Crippen LogP) is 3.99. The smallest absolute Gasteiger partial charge is 0.266 e. The van der Waals surface area contributed by atoms with E-state index in [-0.39, 0.29) is 15.3 Å². The van der Waals surface area contributed by atoms with Gasteiger partial charge in [-0.05, 0) is 19.9 Å². The second kappa shape index (κ2) is 5.96. The Kier molecular flexibility index (Phi) is 4.57. The quantitative estimate of drug-likeness (QED) is 0.264. The summed E-state index contributed by atoms with van der Waals surface area (Å²) in [6.45, 7) is 3.35. The molecule has 1 aromatic rings. The Bertz CT molecular complexity index is 688. The van der Waals surface area contributed by atoms with Crippen molar-refractivity contribution < 1.29 is 26.7 Å². The van der Waals surface area contributed by atoms with Crippen LogP contribution in [0, 0.1) is 29.1 Å². The first kappa shape index (κ1) is 16.9. The van der Waals surface area contributed by atoms with Gasteiger partial charge in [0, 0.05) is 6.04 Å². The van der Waals surface area contributed by atoms with Crippen LogP contribution in [0.3, 0.4) is 0 Å². The second-order valence-electron chi connectivity index (χ2n) is 4.63. The summed E-state index contributed by atoms with van der Waals surface area (Å²) in [7, 11) is 0. The molecule has 1 aliphatic rings. The monoisotopic (exact) mass is 353 g/mol. The Labute approximate surface area is 132 Å². The maximum atomic E-state index is 13.6. The highest BCUT2D eigenvalue weighted by Crippen LogP contribution is 2.35. The molecule has 0 radical (unpaired) electrons. The van der Waals surface area contributed by atoms with E-state index in [0.717, 1.165) is 11.8 Å². The molecule has 1 heterocycles. The van der Waals surface area contributed by atoms with Crippen LogP contribution in [0.25, 0.3) is 6.08 Å². The van der Waals surface area contributed by atoms with E-state index in [1.165, 1.54) is 4.90 Å². The van der Waals surface area contributed by atoms with Gasteiger partial charge in [0.25, 0.3) is 5.91 Å². The van der Waals surface area contributed by atoms with E-state index >= 15 is 0 Å². The summed E-state index contributed by atoms with van der Waals surface area (Å²) in [4.78, 5) is 13.0. The molecule has 0 atom stereocenters. The molecule has 1 amide bonds. The van der Waals surface area contributed by atoms with Crippen LogP contribution < -0.4 is 0 Å². The van der Waals surface area contributed by atoms with Crippen molar-refractivity contribution in [1.29, 1.82) is 0 Å². The molecule has 0 unspecified atom stereocenters. The molecular weight excluding hydrogens is 345 g/mol. The molecule has 2 nitrogen and oxygen atoms in total. The van der Waals surface area contributed by atoms with Crippen molar-refractivity contribution in [3.05, 3.63) is 39.6 Å². The first-order chi connectivity index (χ1) is 10.2. The molecule has 2 rings (SSSR count). The number of thioether (sulfide) groups is 1. The molecule has 1 aliphatic heterocycles. The lowest BCUT2D eigenvalue weighted by molar-refractivity contribution is -0.123. The molecule has 9 heteroatoms. The number of benzene rings is 1. The molecule has 1 saturated heterocycles. The van der Waals surface area contributed by atoms with E-state index in [0.29, 0.717) is 6.08 Å². The Hall–Kier alpha value is -1.48. The zero-order valence-corrected chi connectivity index (χ0v) is 12.8. The van der Waals surface area contributed by atoms with E-state index in [9.17, 15) is 26.7 Å². The van der Waals surface area contributed by atoms with E-state index < -0.39 is 40.6 Å². The second-order valence-corrected chi connectivity index (χ2v) is 6.30. The van der Waals surface area contributed by atoms with Crippen molar-refractivity contribution >= 4 is 40.3 Å². The third kappa shape index (κ3) is 2.63. The number of hydrogen-bond donors (Lipinski definition) is 0. The third-order valence-corrected chi connectivity index (χ3v) is 4.19. The van der Waals surface area contributed by atoms with Gasteiger partial charge in [0.05, 0.1) is 10.5 Å². The van der Waals surface area contributed by atoms with Gasteiger partial charge in [-0.2, -0.15) is 0 Å². The lowest BCUT2D eigenvalue weighted by Gasteiger charge is -2.18. The summed E-state index contributed by atoms with van der Waals surface area (Å²) >= 11 is 5.69. The lowest BCUT2D eigenvalue weighted by atomic mass is 10.1. The van der Waals surface area contributed by atoms with Crippen LogP contribution in [-0.2, 0) is 4.79 Å². The summed E-state index contributed by atoms with van der Waals surface area (Å²) in [5.74, 6) is -11.0. The zero-order valence-electron chi connectivity index (χ0n) is 11.2. The summed E-state index contributed by atoms with van der Waals surface area (Å²) in [6, 6.07) is -0.296. The SMILES string of the molecule is CC(C)N1C(=O)/C(=C\c2c(F)c(F)c(F)c(F)c2F)SC1=S. The molecule has 0 aliphatic carbocycles. The number of halogens is 5. The standard InChI is InChI=1S/C13H8F5NOS2/c1-4(2)19-12(20)6(22-13(19)21)3-5-7(14)9(16)11(18)10(17)8(5)15/h3-4H,1-2H3/b6-3+. The topological polar surface area (TPSA) is 20.3 Å². The summed E-state index contributed by atoms with van der Waals surface area (Å²) in [6.07, 6.45) is 0.623. The Morgan fingerprint density at radius 3 is 1.86 bits per heavy atom. The van der Waals surface area contributed by atoms with E-state index in [1.54, 1.807) is 13.8 Å². The van der Waals surface area contributed by atoms with Gasteiger partial charge in [-0.25, -0.2) is 22.0 Å². The van der Waals surface area contributed by atoms with Gasteiger partial charge >= 0.3 is 0 Å². The van der Waals surface area contributed by atoms with Crippen molar-refractivity contribution in [1.82, 2.24) is 4.90 Å². The van der Waals surface area contributed by atoms with Crippen molar-refractivity contribution in [3.8, 4) is 0 Å². The summed E-state index contributed by atoms with van der Waals surface area (Å²) in [5.41, 5.74) is -1.17. The highest BCUT2D eigenvalue weighted by molar-refractivity contribution is 8.26. The Morgan fingerprint density at radius 2 is 1.45 bits per heavy atom. The van der Waals surface area contributed by atoms with Gasteiger partial charge in [-0.15, -0.1) is 0 Å². The highest BCUT2D eigenvalue weighted by atomic mass is 32.2. The number of amides is 1. The molecule has 0 bridgehead atoms. The van der Waals surface area contributed by atoms with Gasteiger partial charge in [-0.3, -0.25) is 9.69 Å². The minimum absolute atomic E-state index is 0.148. The molecule has 0 aromatic heterocycles. The maximum absolute atomic E-state index is 13.6. The Morgan fingerprint density at radius 1 is 1.00 bits per heavy atom. The van der Waals surface area contributed by atoms with Crippen LogP contribution in [0.5, 0.6) is 0 Å². The fourth-order valence-corrected chi connectivity index (χ4v) is 3.31. The van der Waals surface area contributed by atoms with Crippen molar-refractivity contribution in [3.63, 3.8) is 0 Å². The molecule has 118 valence electrons. The van der Waals surface area contributed by atoms with Gasteiger partial charge in [0.1, 0.15) is 4.32 Å². The average Bonchev–Trinajstić information content (AvgIpc) is 2.73. The van der Waals surface area contributed by atoms with Crippen LogP contribution in [0.1, 0.15) is 19.4 Å². The lowest BCUT2D eigenvalue weighted by Crippen LogP contribution is -2.34. The average molecular weight is 353 g/mol. The van der Waals surface area contributed by atoms with Gasteiger partial charge in [0.15, 0.2) is 23.3 Å². The number of thiocarbonyl (C=S) groups is 1. The zero-order chi connectivity index (χ0) is 16.8. The molecule has 22 heavy (non-hydrogen) atoms. The molecule has 0 N–H and O–H groups in total. The van der Waals surface area contributed by atoms with Crippen LogP contribution >= 0.6 is 24.0 Å². The fourth-order valence-electron chi connectivity index (χ4n) is 1.80. The first-order valence-electron chi connectivity index (χ1n) is 5.95. The number of nitrogens with zero attached hydrogens (tertiary/aromatic N) is 1. The van der Waals surface area contributed by atoms with Crippen LogP contribution in [-0.4, -0.2) is 21.2 Å². The fraction of sp³-hybridized carbons (Fsp3) is 0.231. The minimum atomic E-state index is -2.25. The van der Waals surface area contributed by atoms with Crippen LogP contribution in [0.2, 0.25) is 0 Å². The van der Waals surface area contributed by atoms with E-state index in [1.807, 2.05) is 0 Å². The predicted molar refractivity (Wildman–Crippen MR) is 76.4 cm³/mol. The molecule has 1 aromatic carbocycles. The van der Waals surface area contributed by atoms with Gasteiger partial charge < -0.3 is 0 Å². The summed E-state index contributed by atoms with van der Waals surface area (Å²) < 4.78 is 66.6.